The minimum atomic E-state index is -4.29. The van der Waals surface area contributed by atoms with Crippen LogP contribution in [-0.2, 0) is 26.2 Å². The van der Waals surface area contributed by atoms with Crippen molar-refractivity contribution in [2.24, 2.45) is 0 Å². The van der Waals surface area contributed by atoms with E-state index in [4.69, 9.17) is 23.2 Å². The normalized spacial score (nSPS) is 14.7. The van der Waals surface area contributed by atoms with Crippen molar-refractivity contribution in [3.63, 3.8) is 0 Å². The molecule has 1 unspecified atom stereocenters. The number of amides is 2. The van der Waals surface area contributed by atoms with Gasteiger partial charge < -0.3 is 10.2 Å². The van der Waals surface area contributed by atoms with Gasteiger partial charge >= 0.3 is 0 Å². The third-order valence-electron chi connectivity index (χ3n) is 7.45. The van der Waals surface area contributed by atoms with Crippen LogP contribution in [-0.4, -0.2) is 43.8 Å². The maximum atomic E-state index is 14.1. The largest absolute Gasteiger partial charge is 0.352 e. The molecular formula is C31H34Cl2FN3O4S. The number of nitrogens with zero attached hydrogens (tertiary/aromatic N) is 2. The first-order valence-corrected chi connectivity index (χ1v) is 16.0. The van der Waals surface area contributed by atoms with Crippen molar-refractivity contribution in [2.75, 3.05) is 10.8 Å². The van der Waals surface area contributed by atoms with Crippen LogP contribution in [0.2, 0.25) is 10.0 Å². The standard InChI is InChI=1S/C31H34Cl2FN3O4S/c1-21-8-15-27(16-9-21)42(40,41)37(29-18-24(32)12-17-28(29)33)20-30(38)36(19-23-10-13-25(34)14-11-23)22(2)31(39)35-26-6-4-3-5-7-26/h8-18,22,26H,3-7,19-20H2,1-2H3,(H,35,39). The average Bonchev–Trinajstić information content (AvgIpc) is 2.97. The molecule has 0 heterocycles. The summed E-state index contributed by atoms with van der Waals surface area (Å²) < 4.78 is 42.5. The molecule has 7 nitrogen and oxygen atoms in total. The third-order valence-corrected chi connectivity index (χ3v) is 9.78. The molecule has 0 bridgehead atoms. The smallest absolute Gasteiger partial charge is 0.264 e. The molecule has 0 aromatic heterocycles. The molecule has 4 rings (SSSR count). The number of aryl methyl sites for hydroxylation is 1. The number of carbonyl (C=O) groups is 2. The van der Waals surface area contributed by atoms with E-state index in [0.717, 1.165) is 42.0 Å². The molecule has 3 aromatic carbocycles. The summed E-state index contributed by atoms with van der Waals surface area (Å²) in [6, 6.07) is 15.2. The van der Waals surface area contributed by atoms with Crippen molar-refractivity contribution >= 4 is 50.7 Å². The Labute approximate surface area is 256 Å². The zero-order valence-electron chi connectivity index (χ0n) is 23.5. The first-order chi connectivity index (χ1) is 20.0. The van der Waals surface area contributed by atoms with E-state index in [2.05, 4.69) is 5.32 Å². The lowest BCUT2D eigenvalue weighted by Crippen LogP contribution is -2.53. The van der Waals surface area contributed by atoms with Gasteiger partial charge in [0.15, 0.2) is 0 Å². The molecule has 1 aliphatic carbocycles. The monoisotopic (exact) mass is 633 g/mol. The van der Waals surface area contributed by atoms with Crippen molar-refractivity contribution in [3.8, 4) is 0 Å². The molecule has 2 amide bonds. The van der Waals surface area contributed by atoms with E-state index in [-0.39, 0.29) is 39.1 Å². The molecule has 0 radical (unpaired) electrons. The summed E-state index contributed by atoms with van der Waals surface area (Å²) >= 11 is 12.7. The predicted molar refractivity (Wildman–Crippen MR) is 164 cm³/mol. The number of halogens is 3. The van der Waals surface area contributed by atoms with Crippen molar-refractivity contribution in [1.82, 2.24) is 10.2 Å². The highest BCUT2D eigenvalue weighted by atomic mass is 35.5. The van der Waals surface area contributed by atoms with Crippen molar-refractivity contribution < 1.29 is 22.4 Å². The van der Waals surface area contributed by atoms with Crippen LogP contribution in [0.5, 0.6) is 0 Å². The van der Waals surface area contributed by atoms with Crippen LogP contribution in [0.15, 0.2) is 71.6 Å². The highest BCUT2D eigenvalue weighted by Crippen LogP contribution is 2.33. The summed E-state index contributed by atoms with van der Waals surface area (Å²) in [6.07, 6.45) is 4.88. The molecule has 11 heteroatoms. The van der Waals surface area contributed by atoms with Crippen LogP contribution in [0.25, 0.3) is 0 Å². The fourth-order valence-electron chi connectivity index (χ4n) is 4.97. The van der Waals surface area contributed by atoms with E-state index in [1.165, 1.54) is 59.5 Å². The first kappa shape index (κ1) is 31.8. The quantitative estimate of drug-likeness (QED) is 0.276. The second-order valence-electron chi connectivity index (χ2n) is 10.6. The van der Waals surface area contributed by atoms with Gasteiger partial charge in [0.2, 0.25) is 11.8 Å². The Balaban J connectivity index is 1.70. The topological polar surface area (TPSA) is 86.8 Å². The van der Waals surface area contributed by atoms with E-state index < -0.39 is 34.3 Å². The average molecular weight is 635 g/mol. The number of carbonyl (C=O) groups excluding carboxylic acids is 2. The predicted octanol–water partition coefficient (Wildman–Crippen LogP) is 6.50. The Hall–Kier alpha value is -3.14. The Morgan fingerprint density at radius 2 is 1.62 bits per heavy atom. The maximum Gasteiger partial charge on any atom is 0.264 e. The molecule has 1 N–H and O–H groups in total. The molecule has 0 aliphatic heterocycles. The maximum absolute atomic E-state index is 14.1. The second kappa shape index (κ2) is 13.9. The van der Waals surface area contributed by atoms with Crippen LogP contribution >= 0.6 is 23.2 Å². The number of anilines is 1. The van der Waals surface area contributed by atoms with E-state index in [1.807, 2.05) is 6.92 Å². The molecule has 1 atom stereocenters. The van der Waals surface area contributed by atoms with Crippen molar-refractivity contribution in [3.05, 3.63) is 93.7 Å². The lowest BCUT2D eigenvalue weighted by atomic mass is 9.95. The molecule has 1 fully saturated rings. The van der Waals surface area contributed by atoms with Gasteiger partial charge in [-0.1, -0.05) is 72.3 Å². The number of nitrogens with one attached hydrogen (secondary N) is 1. The Kier molecular flexibility index (Phi) is 10.5. The lowest BCUT2D eigenvalue weighted by Gasteiger charge is -2.33. The van der Waals surface area contributed by atoms with E-state index in [1.54, 1.807) is 19.1 Å². The van der Waals surface area contributed by atoms with Gasteiger partial charge in [-0.3, -0.25) is 13.9 Å². The highest BCUT2D eigenvalue weighted by Gasteiger charge is 2.34. The number of benzene rings is 3. The molecule has 0 spiro atoms. The highest BCUT2D eigenvalue weighted by molar-refractivity contribution is 7.92. The summed E-state index contributed by atoms with van der Waals surface area (Å²) in [7, 11) is -4.29. The van der Waals surface area contributed by atoms with Gasteiger partial charge in [0, 0.05) is 17.6 Å². The lowest BCUT2D eigenvalue weighted by molar-refractivity contribution is -0.139. The molecular weight excluding hydrogens is 600 g/mol. The number of sulfonamides is 1. The molecule has 1 aliphatic rings. The van der Waals surface area contributed by atoms with E-state index in [0.29, 0.717) is 5.56 Å². The van der Waals surface area contributed by atoms with Gasteiger partial charge in [0.1, 0.15) is 18.4 Å². The summed E-state index contributed by atoms with van der Waals surface area (Å²) in [5, 5.41) is 3.36. The fourth-order valence-corrected chi connectivity index (χ4v) is 6.83. The molecule has 0 saturated heterocycles. The van der Waals surface area contributed by atoms with Gasteiger partial charge in [-0.25, -0.2) is 12.8 Å². The molecule has 42 heavy (non-hydrogen) atoms. The van der Waals surface area contributed by atoms with E-state index in [9.17, 15) is 22.4 Å². The van der Waals surface area contributed by atoms with Gasteiger partial charge in [-0.2, -0.15) is 0 Å². The SMILES string of the molecule is Cc1ccc(S(=O)(=O)N(CC(=O)N(Cc2ccc(F)cc2)C(C)C(=O)NC2CCCCC2)c2cc(Cl)ccc2Cl)cc1. The van der Waals surface area contributed by atoms with Crippen LogP contribution in [0.3, 0.4) is 0 Å². The summed E-state index contributed by atoms with van der Waals surface area (Å²) in [5.41, 5.74) is 1.47. The zero-order chi connectivity index (χ0) is 30.4. The van der Waals surface area contributed by atoms with Crippen LogP contribution in [0.4, 0.5) is 10.1 Å². The number of hydrogen-bond acceptors (Lipinski definition) is 4. The zero-order valence-corrected chi connectivity index (χ0v) is 25.9. The molecule has 3 aromatic rings. The van der Waals surface area contributed by atoms with Gasteiger partial charge in [0.25, 0.3) is 10.0 Å². The Bertz CT molecular complexity index is 1510. The van der Waals surface area contributed by atoms with Gasteiger partial charge in [-0.15, -0.1) is 0 Å². The molecule has 1 saturated carbocycles. The number of rotatable bonds is 10. The van der Waals surface area contributed by atoms with Gasteiger partial charge in [0.05, 0.1) is 15.6 Å². The second-order valence-corrected chi connectivity index (χ2v) is 13.3. The number of hydrogen-bond donors (Lipinski definition) is 1. The van der Waals surface area contributed by atoms with Gasteiger partial charge in [-0.05, 0) is 74.7 Å². The molecule has 224 valence electrons. The summed E-state index contributed by atoms with van der Waals surface area (Å²) in [4.78, 5) is 28.7. The first-order valence-electron chi connectivity index (χ1n) is 13.8. The minimum absolute atomic E-state index is 0.0140. The van der Waals surface area contributed by atoms with Crippen LogP contribution < -0.4 is 9.62 Å². The third kappa shape index (κ3) is 7.82. The minimum Gasteiger partial charge on any atom is -0.352 e. The Morgan fingerprint density at radius 1 is 0.976 bits per heavy atom. The van der Waals surface area contributed by atoms with Crippen molar-refractivity contribution in [1.29, 1.82) is 0 Å². The van der Waals surface area contributed by atoms with Crippen LogP contribution in [0.1, 0.15) is 50.2 Å². The van der Waals surface area contributed by atoms with Crippen LogP contribution in [0, 0.1) is 12.7 Å². The van der Waals surface area contributed by atoms with E-state index >= 15 is 0 Å². The Morgan fingerprint density at radius 3 is 2.26 bits per heavy atom. The summed E-state index contributed by atoms with van der Waals surface area (Å²) in [6.45, 7) is 2.74. The summed E-state index contributed by atoms with van der Waals surface area (Å²) in [5.74, 6) is -1.42. The fraction of sp³-hybridized carbons (Fsp3) is 0.355. The van der Waals surface area contributed by atoms with Crippen molar-refractivity contribution in [2.45, 2.75) is 69.5 Å².